The maximum absolute atomic E-state index is 12.5. The first-order valence-corrected chi connectivity index (χ1v) is 6.11. The number of benzene rings is 1. The van der Waals surface area contributed by atoms with Crippen molar-refractivity contribution >= 4 is 15.9 Å². The third-order valence-corrected chi connectivity index (χ3v) is 2.88. The van der Waals surface area contributed by atoms with E-state index in [2.05, 4.69) is 25.9 Å². The highest BCUT2D eigenvalue weighted by atomic mass is 79.9. The molecule has 0 aliphatic heterocycles. The Bertz CT molecular complexity index is 620. The second kappa shape index (κ2) is 5.66. The molecule has 4 nitrogen and oxygen atoms in total. The lowest BCUT2D eigenvalue weighted by Gasteiger charge is -2.09. The van der Waals surface area contributed by atoms with E-state index in [1.807, 2.05) is 0 Å². The SMILES string of the molecule is COc1ccc(Oc2nccc(C(F)(F)F)n2)c(Br)c1. The summed E-state index contributed by atoms with van der Waals surface area (Å²) in [6.45, 7) is 0. The maximum atomic E-state index is 12.5. The number of halogens is 4. The van der Waals surface area contributed by atoms with Crippen LogP contribution in [0.25, 0.3) is 0 Å². The van der Waals surface area contributed by atoms with E-state index in [1.54, 1.807) is 12.1 Å². The van der Waals surface area contributed by atoms with Gasteiger partial charge in [-0.3, -0.25) is 0 Å². The van der Waals surface area contributed by atoms with Gasteiger partial charge in [0.1, 0.15) is 11.5 Å². The highest BCUT2D eigenvalue weighted by Crippen LogP contribution is 2.33. The summed E-state index contributed by atoms with van der Waals surface area (Å²) in [4.78, 5) is 6.96. The molecular weight excluding hydrogens is 341 g/mol. The van der Waals surface area contributed by atoms with E-state index in [9.17, 15) is 13.2 Å². The molecule has 0 aliphatic carbocycles. The normalized spacial score (nSPS) is 11.2. The summed E-state index contributed by atoms with van der Waals surface area (Å²) < 4.78 is 48.3. The molecule has 0 amide bonds. The Morgan fingerprint density at radius 1 is 1.20 bits per heavy atom. The zero-order chi connectivity index (χ0) is 14.8. The minimum Gasteiger partial charge on any atom is -0.497 e. The molecule has 0 saturated carbocycles. The lowest BCUT2D eigenvalue weighted by atomic mass is 10.3. The number of aromatic nitrogens is 2. The van der Waals surface area contributed by atoms with E-state index in [4.69, 9.17) is 9.47 Å². The summed E-state index contributed by atoms with van der Waals surface area (Å²) in [5.41, 5.74) is -1.06. The average Bonchev–Trinajstić information content (AvgIpc) is 2.40. The first-order valence-electron chi connectivity index (χ1n) is 5.32. The molecule has 0 saturated heterocycles. The van der Waals surface area contributed by atoms with Crippen LogP contribution in [0.15, 0.2) is 34.9 Å². The van der Waals surface area contributed by atoms with Crippen molar-refractivity contribution in [2.24, 2.45) is 0 Å². The van der Waals surface area contributed by atoms with Gasteiger partial charge in [0.05, 0.1) is 11.6 Å². The lowest BCUT2D eigenvalue weighted by molar-refractivity contribution is -0.141. The summed E-state index contributed by atoms with van der Waals surface area (Å²) >= 11 is 3.22. The quantitative estimate of drug-likeness (QED) is 0.838. The van der Waals surface area contributed by atoms with Crippen molar-refractivity contribution in [2.75, 3.05) is 7.11 Å². The van der Waals surface area contributed by atoms with Crippen LogP contribution in [-0.4, -0.2) is 17.1 Å². The van der Waals surface area contributed by atoms with E-state index in [0.717, 1.165) is 12.3 Å². The standard InChI is InChI=1S/C12H8BrF3N2O2/c1-19-7-2-3-9(8(13)6-7)20-11-17-5-4-10(18-11)12(14,15)16/h2-6H,1H3. The van der Waals surface area contributed by atoms with Crippen molar-refractivity contribution in [2.45, 2.75) is 6.18 Å². The molecule has 1 heterocycles. The average molecular weight is 349 g/mol. The molecule has 106 valence electrons. The Balaban J connectivity index is 2.26. The zero-order valence-corrected chi connectivity index (χ0v) is 11.7. The molecule has 0 spiro atoms. The highest BCUT2D eigenvalue weighted by Gasteiger charge is 2.33. The largest absolute Gasteiger partial charge is 0.497 e. The molecule has 0 radical (unpaired) electrons. The number of nitrogens with zero attached hydrogens (tertiary/aromatic N) is 2. The number of hydrogen-bond donors (Lipinski definition) is 0. The molecule has 8 heteroatoms. The summed E-state index contributed by atoms with van der Waals surface area (Å²) in [6, 6.07) is 5.14. The van der Waals surface area contributed by atoms with Crippen LogP contribution in [-0.2, 0) is 6.18 Å². The lowest BCUT2D eigenvalue weighted by Crippen LogP contribution is -2.08. The van der Waals surface area contributed by atoms with Crippen LogP contribution >= 0.6 is 15.9 Å². The number of hydrogen-bond acceptors (Lipinski definition) is 4. The van der Waals surface area contributed by atoms with E-state index in [0.29, 0.717) is 10.2 Å². The molecule has 0 fully saturated rings. The Hall–Kier alpha value is -1.83. The maximum Gasteiger partial charge on any atom is 0.433 e. The van der Waals surface area contributed by atoms with E-state index >= 15 is 0 Å². The van der Waals surface area contributed by atoms with Gasteiger partial charge in [-0.05, 0) is 40.2 Å². The topological polar surface area (TPSA) is 44.2 Å². The minimum atomic E-state index is -4.54. The zero-order valence-electron chi connectivity index (χ0n) is 10.1. The molecule has 2 aromatic rings. The molecule has 0 bridgehead atoms. The van der Waals surface area contributed by atoms with Gasteiger partial charge in [0, 0.05) is 6.20 Å². The fourth-order valence-corrected chi connectivity index (χ4v) is 1.78. The van der Waals surface area contributed by atoms with Crippen LogP contribution < -0.4 is 9.47 Å². The smallest absolute Gasteiger partial charge is 0.433 e. The number of rotatable bonds is 3. The molecule has 0 unspecified atom stereocenters. The summed E-state index contributed by atoms with van der Waals surface area (Å²) in [5.74, 6) is 0.860. The van der Waals surface area contributed by atoms with Crippen LogP contribution in [0, 0.1) is 0 Å². The predicted octanol–water partition coefficient (Wildman–Crippen LogP) is 4.06. The van der Waals surface area contributed by atoms with Gasteiger partial charge in [-0.25, -0.2) is 4.98 Å². The fourth-order valence-electron chi connectivity index (χ4n) is 1.34. The van der Waals surface area contributed by atoms with Crippen molar-refractivity contribution in [3.63, 3.8) is 0 Å². The fraction of sp³-hybridized carbons (Fsp3) is 0.167. The first-order chi connectivity index (χ1) is 9.40. The van der Waals surface area contributed by atoms with Gasteiger partial charge in [-0.2, -0.15) is 18.2 Å². The summed E-state index contributed by atoms with van der Waals surface area (Å²) in [7, 11) is 1.50. The molecule has 1 aromatic heterocycles. The highest BCUT2D eigenvalue weighted by molar-refractivity contribution is 9.10. The van der Waals surface area contributed by atoms with Gasteiger partial charge >= 0.3 is 12.2 Å². The van der Waals surface area contributed by atoms with E-state index < -0.39 is 11.9 Å². The number of ether oxygens (including phenoxy) is 2. The van der Waals surface area contributed by atoms with Crippen molar-refractivity contribution in [3.8, 4) is 17.5 Å². The van der Waals surface area contributed by atoms with E-state index in [1.165, 1.54) is 13.2 Å². The molecule has 1 aromatic carbocycles. The van der Waals surface area contributed by atoms with Gasteiger partial charge in [0.15, 0.2) is 5.69 Å². The van der Waals surface area contributed by atoms with Crippen LogP contribution in [0.5, 0.6) is 17.5 Å². The van der Waals surface area contributed by atoms with Crippen molar-refractivity contribution in [1.82, 2.24) is 9.97 Å². The van der Waals surface area contributed by atoms with Crippen LogP contribution in [0.4, 0.5) is 13.2 Å². The Kier molecular flexibility index (Phi) is 4.12. The Morgan fingerprint density at radius 3 is 2.55 bits per heavy atom. The third-order valence-electron chi connectivity index (χ3n) is 2.26. The van der Waals surface area contributed by atoms with Crippen molar-refractivity contribution < 1.29 is 22.6 Å². The monoisotopic (exact) mass is 348 g/mol. The number of alkyl halides is 3. The van der Waals surface area contributed by atoms with Gasteiger partial charge in [-0.1, -0.05) is 0 Å². The predicted molar refractivity (Wildman–Crippen MR) is 67.8 cm³/mol. The van der Waals surface area contributed by atoms with Crippen LogP contribution in [0.2, 0.25) is 0 Å². The number of methoxy groups -OCH3 is 1. The molecule has 0 atom stereocenters. The molecule has 0 aliphatic rings. The molecule has 20 heavy (non-hydrogen) atoms. The van der Waals surface area contributed by atoms with E-state index in [-0.39, 0.29) is 11.8 Å². The summed E-state index contributed by atoms with van der Waals surface area (Å²) in [6.07, 6.45) is -3.55. The second-order valence-corrected chi connectivity index (χ2v) is 4.47. The van der Waals surface area contributed by atoms with Gasteiger partial charge in [0.25, 0.3) is 0 Å². The Labute approximate surface area is 120 Å². The van der Waals surface area contributed by atoms with Gasteiger partial charge < -0.3 is 9.47 Å². The van der Waals surface area contributed by atoms with Crippen LogP contribution in [0.1, 0.15) is 5.69 Å². The van der Waals surface area contributed by atoms with Crippen molar-refractivity contribution in [1.29, 1.82) is 0 Å². The Morgan fingerprint density at radius 2 is 1.95 bits per heavy atom. The third kappa shape index (κ3) is 3.38. The summed E-state index contributed by atoms with van der Waals surface area (Å²) in [5, 5.41) is 0. The molecule has 0 N–H and O–H groups in total. The van der Waals surface area contributed by atoms with Crippen LogP contribution in [0.3, 0.4) is 0 Å². The second-order valence-electron chi connectivity index (χ2n) is 3.62. The molecular formula is C12H8BrF3N2O2. The van der Waals surface area contributed by atoms with Crippen molar-refractivity contribution in [3.05, 3.63) is 40.6 Å². The minimum absolute atomic E-state index is 0.283. The first kappa shape index (κ1) is 14.6. The van der Waals surface area contributed by atoms with Gasteiger partial charge in [-0.15, -0.1) is 0 Å². The molecule has 2 rings (SSSR count). The van der Waals surface area contributed by atoms with Gasteiger partial charge in [0.2, 0.25) is 0 Å².